The van der Waals surface area contributed by atoms with Gasteiger partial charge in [-0.2, -0.15) is 0 Å². The normalized spacial score (nSPS) is 24.1. The number of aromatic nitrogens is 1. The molecule has 1 spiro atoms. The molecule has 128 valence electrons. The fourth-order valence-corrected chi connectivity index (χ4v) is 4.56. The first-order chi connectivity index (χ1) is 11.1. The highest BCUT2D eigenvalue weighted by molar-refractivity contribution is 7.09. The van der Waals surface area contributed by atoms with Crippen LogP contribution in [0.4, 0.5) is 0 Å². The molecule has 6 heteroatoms. The van der Waals surface area contributed by atoms with Crippen LogP contribution in [0.3, 0.4) is 0 Å². The average Bonchev–Trinajstić information content (AvgIpc) is 2.99. The van der Waals surface area contributed by atoms with Crippen molar-refractivity contribution < 1.29 is 14.3 Å². The van der Waals surface area contributed by atoms with Crippen molar-refractivity contribution in [2.75, 3.05) is 26.8 Å². The fraction of sp³-hybridized carbons (Fsp3) is 0.765. The fourth-order valence-electron chi connectivity index (χ4n) is 3.78. The second kappa shape index (κ2) is 7.28. The van der Waals surface area contributed by atoms with Crippen molar-refractivity contribution >= 4 is 17.2 Å². The highest BCUT2D eigenvalue weighted by Crippen LogP contribution is 2.36. The van der Waals surface area contributed by atoms with Gasteiger partial charge in [0.05, 0.1) is 22.9 Å². The number of aryl methyl sites for hydroxylation is 2. The SMILES string of the molecule is CO[C@@H]1CCCOC12CCN(C(=O)CCc1scnc1C)CC2. The molecule has 0 unspecified atom stereocenters. The molecule has 0 aliphatic carbocycles. The van der Waals surface area contributed by atoms with Gasteiger partial charge in [-0.25, -0.2) is 4.98 Å². The van der Waals surface area contributed by atoms with Gasteiger partial charge in [0, 0.05) is 38.1 Å². The first-order valence-electron chi connectivity index (χ1n) is 8.48. The van der Waals surface area contributed by atoms with Crippen LogP contribution in [0.1, 0.15) is 42.7 Å². The van der Waals surface area contributed by atoms with E-state index in [-0.39, 0.29) is 17.6 Å². The number of thiazole rings is 1. The molecule has 0 bridgehead atoms. The number of hydrogen-bond donors (Lipinski definition) is 0. The molecule has 2 saturated heterocycles. The van der Waals surface area contributed by atoms with Gasteiger partial charge in [-0.05, 0) is 39.0 Å². The van der Waals surface area contributed by atoms with E-state index in [1.54, 1.807) is 18.4 Å². The van der Waals surface area contributed by atoms with E-state index in [0.29, 0.717) is 6.42 Å². The molecule has 2 aliphatic heterocycles. The highest BCUT2D eigenvalue weighted by atomic mass is 32.1. The Labute approximate surface area is 142 Å². The summed E-state index contributed by atoms with van der Waals surface area (Å²) in [5.74, 6) is 0.248. The third-order valence-electron chi connectivity index (χ3n) is 5.24. The Bertz CT molecular complexity index is 538. The third kappa shape index (κ3) is 3.59. The number of nitrogens with zero attached hydrogens (tertiary/aromatic N) is 2. The first kappa shape index (κ1) is 16.9. The molecule has 23 heavy (non-hydrogen) atoms. The molecule has 0 aromatic carbocycles. The quantitative estimate of drug-likeness (QED) is 0.847. The Morgan fingerprint density at radius 2 is 2.30 bits per heavy atom. The van der Waals surface area contributed by atoms with Crippen LogP contribution in [0.2, 0.25) is 0 Å². The number of carbonyl (C=O) groups excluding carboxylic acids is 1. The lowest BCUT2D eigenvalue weighted by Crippen LogP contribution is -2.56. The number of rotatable bonds is 4. The maximum atomic E-state index is 12.5. The van der Waals surface area contributed by atoms with Crippen LogP contribution in [0.15, 0.2) is 5.51 Å². The van der Waals surface area contributed by atoms with Gasteiger partial charge in [0.1, 0.15) is 0 Å². The number of carbonyl (C=O) groups is 1. The van der Waals surface area contributed by atoms with Gasteiger partial charge in [0.15, 0.2) is 0 Å². The predicted molar refractivity (Wildman–Crippen MR) is 89.7 cm³/mol. The minimum Gasteiger partial charge on any atom is -0.378 e. The second-order valence-electron chi connectivity index (χ2n) is 6.52. The molecule has 2 aliphatic rings. The van der Waals surface area contributed by atoms with Gasteiger partial charge in [-0.1, -0.05) is 0 Å². The van der Waals surface area contributed by atoms with Gasteiger partial charge in [0.2, 0.25) is 5.91 Å². The van der Waals surface area contributed by atoms with Crippen molar-refractivity contribution in [2.45, 2.75) is 57.2 Å². The zero-order valence-corrected chi connectivity index (χ0v) is 14.9. The van der Waals surface area contributed by atoms with Gasteiger partial charge in [-0.15, -0.1) is 11.3 Å². The monoisotopic (exact) mass is 338 g/mol. The van der Waals surface area contributed by atoms with E-state index < -0.39 is 0 Å². The maximum Gasteiger partial charge on any atom is 0.222 e. The summed E-state index contributed by atoms with van der Waals surface area (Å²) >= 11 is 1.64. The Balaban J connectivity index is 1.52. The van der Waals surface area contributed by atoms with E-state index in [4.69, 9.17) is 9.47 Å². The molecule has 3 heterocycles. The number of ether oxygens (including phenoxy) is 2. The Hall–Kier alpha value is -0.980. The van der Waals surface area contributed by atoms with Crippen LogP contribution < -0.4 is 0 Å². The molecule has 0 N–H and O–H groups in total. The molecule has 1 aromatic rings. The lowest BCUT2D eigenvalue weighted by molar-refractivity contribution is -0.188. The number of hydrogen-bond acceptors (Lipinski definition) is 5. The molecule has 1 amide bonds. The van der Waals surface area contributed by atoms with Gasteiger partial charge < -0.3 is 14.4 Å². The summed E-state index contributed by atoms with van der Waals surface area (Å²) in [6.45, 7) is 4.38. The van der Waals surface area contributed by atoms with Crippen molar-refractivity contribution in [1.82, 2.24) is 9.88 Å². The van der Waals surface area contributed by atoms with Gasteiger partial charge in [0.25, 0.3) is 0 Å². The summed E-state index contributed by atoms with van der Waals surface area (Å²) in [6, 6.07) is 0. The van der Waals surface area contributed by atoms with E-state index in [1.807, 2.05) is 17.3 Å². The summed E-state index contributed by atoms with van der Waals surface area (Å²) < 4.78 is 11.8. The minimum atomic E-state index is -0.169. The number of piperidine rings is 1. The van der Waals surface area contributed by atoms with Crippen LogP contribution in [-0.2, 0) is 20.7 Å². The second-order valence-corrected chi connectivity index (χ2v) is 7.46. The van der Waals surface area contributed by atoms with Crippen molar-refractivity contribution in [3.63, 3.8) is 0 Å². The molecular weight excluding hydrogens is 312 g/mol. The predicted octanol–water partition coefficient (Wildman–Crippen LogP) is 2.57. The van der Waals surface area contributed by atoms with Crippen LogP contribution >= 0.6 is 11.3 Å². The summed E-state index contributed by atoms with van der Waals surface area (Å²) in [5.41, 5.74) is 2.74. The zero-order valence-electron chi connectivity index (χ0n) is 14.0. The summed E-state index contributed by atoms with van der Waals surface area (Å²) in [5, 5.41) is 0. The molecule has 0 saturated carbocycles. The standard InChI is InChI=1S/C17H26N2O3S/c1-13-14(23-12-18-13)5-6-16(20)19-9-7-17(8-10-19)15(21-2)4-3-11-22-17/h12,15H,3-11H2,1-2H3/t15-/m1/s1. The largest absolute Gasteiger partial charge is 0.378 e. The maximum absolute atomic E-state index is 12.5. The Morgan fingerprint density at radius 3 is 2.96 bits per heavy atom. The summed E-state index contributed by atoms with van der Waals surface area (Å²) in [4.78, 5) is 19.9. The minimum absolute atomic E-state index is 0.169. The Morgan fingerprint density at radius 1 is 1.52 bits per heavy atom. The van der Waals surface area contributed by atoms with Crippen LogP contribution in [-0.4, -0.2) is 54.3 Å². The van der Waals surface area contributed by atoms with E-state index in [1.165, 1.54) is 4.88 Å². The highest BCUT2D eigenvalue weighted by Gasteiger charge is 2.45. The van der Waals surface area contributed by atoms with E-state index in [0.717, 1.165) is 57.5 Å². The topological polar surface area (TPSA) is 51.7 Å². The average molecular weight is 338 g/mol. The smallest absolute Gasteiger partial charge is 0.222 e. The summed E-state index contributed by atoms with van der Waals surface area (Å²) in [6.07, 6.45) is 5.45. The van der Waals surface area contributed by atoms with Crippen LogP contribution in [0.5, 0.6) is 0 Å². The van der Waals surface area contributed by atoms with Crippen molar-refractivity contribution in [3.8, 4) is 0 Å². The van der Waals surface area contributed by atoms with E-state index >= 15 is 0 Å². The molecule has 1 aromatic heterocycles. The molecule has 0 radical (unpaired) electrons. The van der Waals surface area contributed by atoms with Gasteiger partial charge >= 0.3 is 0 Å². The molecular formula is C17H26N2O3S. The Kier molecular flexibility index (Phi) is 5.34. The molecule has 2 fully saturated rings. The van der Waals surface area contributed by atoms with Crippen molar-refractivity contribution in [3.05, 3.63) is 16.1 Å². The van der Waals surface area contributed by atoms with Crippen LogP contribution in [0.25, 0.3) is 0 Å². The molecule has 5 nitrogen and oxygen atoms in total. The number of likely N-dealkylation sites (tertiary alicyclic amines) is 1. The third-order valence-corrected chi connectivity index (χ3v) is 6.24. The van der Waals surface area contributed by atoms with Crippen molar-refractivity contribution in [2.24, 2.45) is 0 Å². The number of methoxy groups -OCH3 is 1. The first-order valence-corrected chi connectivity index (χ1v) is 9.36. The van der Waals surface area contributed by atoms with Gasteiger partial charge in [-0.3, -0.25) is 4.79 Å². The summed E-state index contributed by atoms with van der Waals surface area (Å²) in [7, 11) is 1.77. The van der Waals surface area contributed by atoms with E-state index in [9.17, 15) is 4.79 Å². The van der Waals surface area contributed by atoms with Crippen LogP contribution in [0, 0.1) is 6.92 Å². The zero-order chi connectivity index (χ0) is 16.3. The number of amides is 1. The lowest BCUT2D eigenvalue weighted by atomic mass is 9.81. The van der Waals surface area contributed by atoms with Crippen molar-refractivity contribution in [1.29, 1.82) is 0 Å². The molecule has 3 rings (SSSR count). The molecule has 1 atom stereocenters. The lowest BCUT2D eigenvalue weighted by Gasteiger charge is -2.48. The van der Waals surface area contributed by atoms with E-state index in [2.05, 4.69) is 4.98 Å².